The van der Waals surface area contributed by atoms with Crippen molar-refractivity contribution in [3.05, 3.63) is 36.0 Å². The second kappa shape index (κ2) is 8.68. The van der Waals surface area contributed by atoms with Gasteiger partial charge in [0.25, 0.3) is 5.91 Å². The highest BCUT2D eigenvalue weighted by atomic mass is 16.2. The molecule has 3 N–H and O–H groups in total. The number of imide groups is 1. The van der Waals surface area contributed by atoms with Crippen LogP contribution in [-0.2, 0) is 16.0 Å². The molecule has 1 aliphatic heterocycles. The van der Waals surface area contributed by atoms with Crippen molar-refractivity contribution in [3.63, 3.8) is 0 Å². The average molecular weight is 396 g/mol. The number of aromatic amines is 1. The molecule has 4 amide bonds. The number of nitrogens with one attached hydrogen (secondary N) is 3. The first kappa shape index (κ1) is 19.5. The van der Waals surface area contributed by atoms with Crippen LogP contribution in [0.5, 0.6) is 0 Å². The maximum atomic E-state index is 12.6. The highest BCUT2D eigenvalue weighted by molar-refractivity contribution is 6.04. The van der Waals surface area contributed by atoms with Gasteiger partial charge in [-0.15, -0.1) is 0 Å². The van der Waals surface area contributed by atoms with Crippen LogP contribution < -0.4 is 10.6 Å². The van der Waals surface area contributed by atoms with Crippen molar-refractivity contribution in [3.8, 4) is 0 Å². The van der Waals surface area contributed by atoms with Gasteiger partial charge in [0.2, 0.25) is 5.91 Å². The first-order chi connectivity index (χ1) is 14.1. The molecule has 0 bridgehead atoms. The van der Waals surface area contributed by atoms with Gasteiger partial charge in [0, 0.05) is 36.1 Å². The Morgan fingerprint density at radius 2 is 1.93 bits per heavy atom. The molecule has 1 aliphatic carbocycles. The predicted octanol–water partition coefficient (Wildman–Crippen LogP) is 2.86. The Labute approximate surface area is 170 Å². The molecule has 1 saturated carbocycles. The number of aromatic nitrogens is 1. The summed E-state index contributed by atoms with van der Waals surface area (Å²) < 4.78 is 0. The van der Waals surface area contributed by atoms with E-state index in [1.165, 1.54) is 11.3 Å². The molecule has 154 valence electrons. The molecule has 1 saturated heterocycles. The quantitative estimate of drug-likeness (QED) is 0.628. The number of carbonyl (C=O) groups excluding carboxylic acids is 3. The lowest BCUT2D eigenvalue weighted by Gasteiger charge is -2.22. The largest absolute Gasteiger partial charge is 0.361 e. The van der Waals surface area contributed by atoms with Crippen LogP contribution in [0.15, 0.2) is 30.5 Å². The lowest BCUT2D eigenvalue weighted by atomic mass is 9.95. The molecule has 7 nitrogen and oxygen atoms in total. The SMILES string of the molecule is O=C(CCC1NC(=O)N(CCc2c[nH]c3ccccc23)C1=O)NC1CCCCC1. The van der Waals surface area contributed by atoms with Gasteiger partial charge in [-0.3, -0.25) is 14.5 Å². The maximum absolute atomic E-state index is 12.6. The van der Waals surface area contributed by atoms with E-state index < -0.39 is 6.04 Å². The summed E-state index contributed by atoms with van der Waals surface area (Å²) in [6.07, 6.45) is 8.74. The number of rotatable bonds is 7. The molecule has 2 aromatic rings. The standard InChI is InChI=1S/C22H28N4O3/c27-20(24-16-6-2-1-3-7-16)11-10-19-21(28)26(22(29)25-19)13-12-15-14-23-18-9-5-4-8-17(15)18/h4-5,8-9,14,16,19,23H,1-3,6-7,10-13H2,(H,24,27)(H,25,29). The third-order valence-corrected chi connectivity index (χ3v) is 6.02. The fraction of sp³-hybridized carbons (Fsp3) is 0.500. The van der Waals surface area contributed by atoms with E-state index in [9.17, 15) is 14.4 Å². The van der Waals surface area contributed by atoms with Crippen molar-refractivity contribution < 1.29 is 14.4 Å². The minimum absolute atomic E-state index is 0.0313. The number of hydrogen-bond donors (Lipinski definition) is 3. The number of fused-ring (bicyclic) bond motifs is 1. The highest BCUT2D eigenvalue weighted by Gasteiger charge is 2.37. The molecule has 2 aliphatic rings. The fourth-order valence-corrected chi connectivity index (χ4v) is 4.38. The van der Waals surface area contributed by atoms with Crippen LogP contribution in [0.4, 0.5) is 4.79 Å². The lowest BCUT2D eigenvalue weighted by Crippen LogP contribution is -2.38. The van der Waals surface area contributed by atoms with Crippen LogP contribution in [0.25, 0.3) is 10.9 Å². The van der Waals surface area contributed by atoms with E-state index in [0.717, 1.165) is 42.1 Å². The Kier molecular flexibility index (Phi) is 5.83. The smallest absolute Gasteiger partial charge is 0.324 e. The van der Waals surface area contributed by atoms with Crippen LogP contribution in [-0.4, -0.2) is 46.4 Å². The average Bonchev–Trinajstić information content (AvgIpc) is 3.26. The van der Waals surface area contributed by atoms with Gasteiger partial charge in [-0.05, 0) is 37.3 Å². The van der Waals surface area contributed by atoms with Gasteiger partial charge in [-0.1, -0.05) is 37.5 Å². The molecule has 7 heteroatoms. The number of benzene rings is 1. The second-order valence-corrected chi connectivity index (χ2v) is 8.04. The van der Waals surface area contributed by atoms with E-state index in [0.29, 0.717) is 19.4 Å². The molecule has 0 radical (unpaired) electrons. The lowest BCUT2D eigenvalue weighted by molar-refractivity contribution is -0.127. The van der Waals surface area contributed by atoms with Crippen molar-refractivity contribution in [2.75, 3.05) is 6.54 Å². The van der Waals surface area contributed by atoms with Gasteiger partial charge < -0.3 is 15.6 Å². The van der Waals surface area contributed by atoms with Crippen LogP contribution >= 0.6 is 0 Å². The molecular weight excluding hydrogens is 368 g/mol. The Morgan fingerprint density at radius 1 is 1.14 bits per heavy atom. The van der Waals surface area contributed by atoms with E-state index in [-0.39, 0.29) is 30.3 Å². The van der Waals surface area contributed by atoms with E-state index in [1.54, 1.807) is 0 Å². The summed E-state index contributed by atoms with van der Waals surface area (Å²) in [5.74, 6) is -0.267. The molecule has 0 spiro atoms. The topological polar surface area (TPSA) is 94.3 Å². The van der Waals surface area contributed by atoms with Crippen LogP contribution in [0.3, 0.4) is 0 Å². The molecule has 1 aromatic heterocycles. The summed E-state index contributed by atoms with van der Waals surface area (Å²) >= 11 is 0. The van der Waals surface area contributed by atoms with E-state index in [4.69, 9.17) is 0 Å². The summed E-state index contributed by atoms with van der Waals surface area (Å²) in [7, 11) is 0. The second-order valence-electron chi connectivity index (χ2n) is 8.04. The number of nitrogens with zero attached hydrogens (tertiary/aromatic N) is 1. The molecule has 4 rings (SSSR count). The van der Waals surface area contributed by atoms with Gasteiger partial charge in [0.05, 0.1) is 0 Å². The van der Waals surface area contributed by atoms with Crippen molar-refractivity contribution in [2.45, 2.75) is 63.5 Å². The van der Waals surface area contributed by atoms with Gasteiger partial charge in [0.1, 0.15) is 6.04 Å². The van der Waals surface area contributed by atoms with Crippen molar-refractivity contribution >= 4 is 28.7 Å². The van der Waals surface area contributed by atoms with Gasteiger partial charge >= 0.3 is 6.03 Å². The van der Waals surface area contributed by atoms with Gasteiger partial charge in [-0.25, -0.2) is 4.79 Å². The zero-order valence-electron chi connectivity index (χ0n) is 16.6. The number of urea groups is 1. The minimum Gasteiger partial charge on any atom is -0.361 e. The van der Waals surface area contributed by atoms with Crippen molar-refractivity contribution in [1.29, 1.82) is 0 Å². The molecule has 1 atom stereocenters. The van der Waals surface area contributed by atoms with Gasteiger partial charge in [-0.2, -0.15) is 0 Å². The zero-order valence-corrected chi connectivity index (χ0v) is 16.6. The van der Waals surface area contributed by atoms with Gasteiger partial charge in [0.15, 0.2) is 0 Å². The minimum atomic E-state index is -0.609. The molecule has 29 heavy (non-hydrogen) atoms. The Balaban J connectivity index is 1.27. The molecule has 1 aromatic carbocycles. The number of amides is 4. The third-order valence-electron chi connectivity index (χ3n) is 6.02. The number of para-hydroxylation sites is 1. The highest BCUT2D eigenvalue weighted by Crippen LogP contribution is 2.20. The zero-order chi connectivity index (χ0) is 20.2. The van der Waals surface area contributed by atoms with E-state index in [1.807, 2.05) is 30.5 Å². The van der Waals surface area contributed by atoms with Crippen molar-refractivity contribution in [1.82, 2.24) is 20.5 Å². The first-order valence-corrected chi connectivity index (χ1v) is 10.6. The number of carbonyl (C=O) groups is 3. The summed E-state index contributed by atoms with van der Waals surface area (Å²) in [6, 6.07) is 7.26. The molecule has 2 heterocycles. The molecule has 2 fully saturated rings. The predicted molar refractivity (Wildman–Crippen MR) is 110 cm³/mol. The molecular formula is C22H28N4O3. The molecule has 1 unspecified atom stereocenters. The Morgan fingerprint density at radius 3 is 2.76 bits per heavy atom. The van der Waals surface area contributed by atoms with E-state index >= 15 is 0 Å². The van der Waals surface area contributed by atoms with Crippen LogP contribution in [0.2, 0.25) is 0 Å². The van der Waals surface area contributed by atoms with Crippen LogP contribution in [0.1, 0.15) is 50.5 Å². The Hall–Kier alpha value is -2.83. The Bertz CT molecular complexity index is 900. The third kappa shape index (κ3) is 4.44. The maximum Gasteiger partial charge on any atom is 0.324 e. The van der Waals surface area contributed by atoms with E-state index in [2.05, 4.69) is 15.6 Å². The monoisotopic (exact) mass is 396 g/mol. The summed E-state index contributed by atoms with van der Waals surface area (Å²) in [6.45, 7) is 0.331. The van der Waals surface area contributed by atoms with Crippen molar-refractivity contribution in [2.24, 2.45) is 0 Å². The van der Waals surface area contributed by atoms with Crippen LogP contribution in [0, 0.1) is 0 Å². The number of hydrogen-bond acceptors (Lipinski definition) is 3. The first-order valence-electron chi connectivity index (χ1n) is 10.6. The normalized spacial score (nSPS) is 20.3. The summed E-state index contributed by atoms with van der Waals surface area (Å²) in [5, 5.41) is 6.90. The summed E-state index contributed by atoms with van der Waals surface area (Å²) in [4.78, 5) is 41.6. The fourth-order valence-electron chi connectivity index (χ4n) is 4.38. The number of H-pyrrole nitrogens is 1. The summed E-state index contributed by atoms with van der Waals surface area (Å²) in [5.41, 5.74) is 2.12.